The van der Waals surface area contributed by atoms with Crippen LogP contribution in [0.25, 0.3) is 10.1 Å². The molecular formula is C10H8O2S2. The van der Waals surface area contributed by atoms with Crippen LogP contribution in [0.5, 0.6) is 5.75 Å². The topological polar surface area (TPSA) is 26.3 Å². The van der Waals surface area contributed by atoms with E-state index in [9.17, 15) is 4.79 Å². The Morgan fingerprint density at radius 3 is 2.86 bits per heavy atom. The van der Waals surface area contributed by atoms with Gasteiger partial charge in [-0.15, -0.1) is 24.0 Å². The van der Waals surface area contributed by atoms with E-state index in [4.69, 9.17) is 4.74 Å². The fourth-order valence-corrected chi connectivity index (χ4v) is 2.64. The van der Waals surface area contributed by atoms with Gasteiger partial charge in [-0.3, -0.25) is 4.79 Å². The van der Waals surface area contributed by atoms with Gasteiger partial charge in [-0.05, 0) is 18.2 Å². The van der Waals surface area contributed by atoms with Gasteiger partial charge >= 0.3 is 0 Å². The van der Waals surface area contributed by atoms with E-state index in [0.717, 1.165) is 26.3 Å². The van der Waals surface area contributed by atoms with Gasteiger partial charge in [0.2, 0.25) is 0 Å². The summed E-state index contributed by atoms with van der Waals surface area (Å²) in [6.07, 6.45) is 0.819. The highest BCUT2D eigenvalue weighted by Gasteiger charge is 2.07. The van der Waals surface area contributed by atoms with Crippen molar-refractivity contribution in [2.45, 2.75) is 4.21 Å². The van der Waals surface area contributed by atoms with Crippen LogP contribution >= 0.6 is 24.0 Å². The number of carbonyl (C=O) groups is 1. The van der Waals surface area contributed by atoms with E-state index in [1.54, 1.807) is 13.2 Å². The SMILES string of the molecule is COc1cc(C=O)cc2sc(S)cc12. The van der Waals surface area contributed by atoms with Crippen LogP contribution in [0, 0.1) is 0 Å². The predicted molar refractivity (Wildman–Crippen MR) is 61.0 cm³/mol. The fraction of sp³-hybridized carbons (Fsp3) is 0.100. The number of thiol groups is 1. The van der Waals surface area contributed by atoms with Crippen LogP contribution in [0.1, 0.15) is 10.4 Å². The maximum absolute atomic E-state index is 10.7. The van der Waals surface area contributed by atoms with Gasteiger partial charge < -0.3 is 4.74 Å². The summed E-state index contributed by atoms with van der Waals surface area (Å²) >= 11 is 5.80. The van der Waals surface area contributed by atoms with E-state index in [-0.39, 0.29) is 0 Å². The van der Waals surface area contributed by atoms with E-state index >= 15 is 0 Å². The van der Waals surface area contributed by atoms with Crippen molar-refractivity contribution in [1.29, 1.82) is 0 Å². The third-order valence-corrected chi connectivity index (χ3v) is 3.25. The van der Waals surface area contributed by atoms with Crippen molar-refractivity contribution in [1.82, 2.24) is 0 Å². The molecule has 0 aliphatic carbocycles. The molecule has 0 aliphatic heterocycles. The van der Waals surface area contributed by atoms with Crippen LogP contribution in [-0.2, 0) is 0 Å². The lowest BCUT2D eigenvalue weighted by atomic mass is 10.2. The standard InChI is InChI=1S/C10H8O2S2/c1-12-8-2-6(5-11)3-9-7(8)4-10(13)14-9/h2-5,13H,1H3. The van der Waals surface area contributed by atoms with Crippen LogP contribution in [0.4, 0.5) is 0 Å². The summed E-state index contributed by atoms with van der Waals surface area (Å²) in [5, 5.41) is 1.01. The van der Waals surface area contributed by atoms with Gasteiger partial charge in [-0.2, -0.15) is 0 Å². The number of fused-ring (bicyclic) bond motifs is 1. The summed E-state index contributed by atoms with van der Waals surface area (Å²) in [6, 6.07) is 5.51. The molecule has 14 heavy (non-hydrogen) atoms. The van der Waals surface area contributed by atoms with E-state index in [0.29, 0.717) is 5.56 Å². The number of ether oxygens (including phenoxy) is 1. The first-order valence-electron chi connectivity index (χ1n) is 4.00. The van der Waals surface area contributed by atoms with E-state index in [2.05, 4.69) is 12.6 Å². The molecule has 72 valence electrons. The second-order valence-corrected chi connectivity index (χ2v) is 4.71. The molecule has 0 atom stereocenters. The van der Waals surface area contributed by atoms with Gasteiger partial charge in [-0.1, -0.05) is 0 Å². The molecule has 0 amide bonds. The quantitative estimate of drug-likeness (QED) is 0.627. The van der Waals surface area contributed by atoms with Gasteiger partial charge in [0.1, 0.15) is 12.0 Å². The largest absolute Gasteiger partial charge is 0.496 e. The lowest BCUT2D eigenvalue weighted by Gasteiger charge is -2.01. The van der Waals surface area contributed by atoms with Crippen molar-refractivity contribution in [3.05, 3.63) is 23.8 Å². The molecule has 2 aromatic rings. The molecule has 0 radical (unpaired) electrons. The molecule has 2 nitrogen and oxygen atoms in total. The van der Waals surface area contributed by atoms with Crippen molar-refractivity contribution >= 4 is 40.3 Å². The van der Waals surface area contributed by atoms with Gasteiger partial charge in [0.05, 0.1) is 11.3 Å². The molecule has 0 N–H and O–H groups in total. The maximum Gasteiger partial charge on any atom is 0.150 e. The molecule has 0 aliphatic rings. The van der Waals surface area contributed by atoms with E-state index in [1.807, 2.05) is 12.1 Å². The molecule has 0 bridgehead atoms. The zero-order valence-corrected chi connectivity index (χ0v) is 9.19. The maximum atomic E-state index is 10.7. The Morgan fingerprint density at radius 1 is 1.43 bits per heavy atom. The Labute approximate surface area is 90.9 Å². The van der Waals surface area contributed by atoms with Crippen LogP contribution in [0.15, 0.2) is 22.4 Å². The normalized spacial score (nSPS) is 10.4. The third kappa shape index (κ3) is 1.51. The molecule has 0 unspecified atom stereocenters. The first-order chi connectivity index (χ1) is 6.74. The molecule has 1 heterocycles. The third-order valence-electron chi connectivity index (χ3n) is 1.96. The number of hydrogen-bond donors (Lipinski definition) is 1. The lowest BCUT2D eigenvalue weighted by molar-refractivity contribution is 0.112. The molecule has 2 rings (SSSR count). The monoisotopic (exact) mass is 224 g/mol. The van der Waals surface area contributed by atoms with E-state index < -0.39 is 0 Å². The lowest BCUT2D eigenvalue weighted by Crippen LogP contribution is -1.86. The number of benzene rings is 1. The molecule has 0 spiro atoms. The minimum absolute atomic E-state index is 0.629. The van der Waals surface area contributed by atoms with Crippen LogP contribution in [0.3, 0.4) is 0 Å². The first kappa shape index (κ1) is 9.55. The Kier molecular flexibility index (Phi) is 2.48. The molecular weight excluding hydrogens is 216 g/mol. The van der Waals surface area contributed by atoms with E-state index in [1.165, 1.54) is 11.3 Å². The smallest absolute Gasteiger partial charge is 0.150 e. The summed E-state index contributed by atoms with van der Waals surface area (Å²) in [6.45, 7) is 0. The minimum atomic E-state index is 0.629. The van der Waals surface area contributed by atoms with Crippen molar-refractivity contribution < 1.29 is 9.53 Å². The predicted octanol–water partition coefficient (Wildman–Crippen LogP) is 3.01. The highest BCUT2D eigenvalue weighted by atomic mass is 32.2. The Balaban J connectivity index is 2.78. The second kappa shape index (κ2) is 3.63. The number of methoxy groups -OCH3 is 1. The number of aldehydes is 1. The van der Waals surface area contributed by atoms with Gasteiger partial charge in [0.15, 0.2) is 0 Å². The molecule has 4 heteroatoms. The highest BCUT2D eigenvalue weighted by Crippen LogP contribution is 2.35. The zero-order chi connectivity index (χ0) is 10.1. The van der Waals surface area contributed by atoms with Crippen molar-refractivity contribution in [3.8, 4) is 5.75 Å². The molecule has 0 fully saturated rings. The van der Waals surface area contributed by atoms with Crippen LogP contribution in [0.2, 0.25) is 0 Å². The summed E-state index contributed by atoms with van der Waals surface area (Å²) in [4.78, 5) is 10.7. The van der Waals surface area contributed by atoms with Crippen molar-refractivity contribution in [2.24, 2.45) is 0 Å². The first-order valence-corrected chi connectivity index (χ1v) is 5.26. The van der Waals surface area contributed by atoms with Gasteiger partial charge in [0, 0.05) is 15.6 Å². The minimum Gasteiger partial charge on any atom is -0.496 e. The average molecular weight is 224 g/mol. The van der Waals surface area contributed by atoms with Crippen LogP contribution in [-0.4, -0.2) is 13.4 Å². The zero-order valence-electron chi connectivity index (χ0n) is 7.48. The Hall–Kier alpha value is -1.00. The molecule has 0 saturated carbocycles. The van der Waals surface area contributed by atoms with Crippen molar-refractivity contribution in [2.75, 3.05) is 7.11 Å². The number of thiophene rings is 1. The summed E-state index contributed by atoms with van der Waals surface area (Å²) < 4.78 is 7.14. The van der Waals surface area contributed by atoms with Crippen molar-refractivity contribution in [3.63, 3.8) is 0 Å². The average Bonchev–Trinajstić information content (AvgIpc) is 2.56. The number of hydrogen-bond acceptors (Lipinski definition) is 4. The Bertz CT molecular complexity index is 488. The molecule has 0 saturated heterocycles. The second-order valence-electron chi connectivity index (χ2n) is 2.84. The molecule has 1 aromatic heterocycles. The Morgan fingerprint density at radius 2 is 2.21 bits per heavy atom. The number of rotatable bonds is 2. The summed E-state index contributed by atoms with van der Waals surface area (Å²) in [5.74, 6) is 0.723. The van der Waals surface area contributed by atoms with Crippen LogP contribution < -0.4 is 4.74 Å². The number of carbonyl (C=O) groups excluding carboxylic acids is 1. The molecule has 1 aromatic carbocycles. The van der Waals surface area contributed by atoms with Gasteiger partial charge in [-0.25, -0.2) is 0 Å². The summed E-state index contributed by atoms with van der Waals surface area (Å²) in [7, 11) is 1.60. The highest BCUT2D eigenvalue weighted by molar-refractivity contribution is 7.83. The summed E-state index contributed by atoms with van der Waals surface area (Å²) in [5.41, 5.74) is 0.629. The fourth-order valence-electron chi connectivity index (χ4n) is 1.35. The van der Waals surface area contributed by atoms with Gasteiger partial charge in [0.25, 0.3) is 0 Å².